The van der Waals surface area contributed by atoms with Gasteiger partial charge in [0.25, 0.3) is 5.56 Å². The molecule has 24 heavy (non-hydrogen) atoms. The Balaban J connectivity index is 1.66. The zero-order chi connectivity index (χ0) is 16.5. The summed E-state index contributed by atoms with van der Waals surface area (Å²) in [7, 11) is 0. The smallest absolute Gasteiger partial charge is 0.260 e. The minimum Gasteiger partial charge on any atom is -0.323 e. The average molecular weight is 317 g/mol. The van der Waals surface area contributed by atoms with Crippen LogP contribution in [0.4, 0.5) is 11.6 Å². The molecular formula is C18H15N5O. The van der Waals surface area contributed by atoms with Crippen molar-refractivity contribution < 1.29 is 0 Å². The number of para-hydroxylation sites is 1. The van der Waals surface area contributed by atoms with Crippen molar-refractivity contribution in [2.24, 2.45) is 0 Å². The van der Waals surface area contributed by atoms with E-state index in [0.29, 0.717) is 16.9 Å². The lowest BCUT2D eigenvalue weighted by Crippen LogP contribution is -2.11. The van der Waals surface area contributed by atoms with Crippen LogP contribution in [0, 0.1) is 6.92 Å². The third-order valence-electron chi connectivity index (χ3n) is 3.73. The summed E-state index contributed by atoms with van der Waals surface area (Å²) in [5, 5.41) is 7.99. The third-order valence-corrected chi connectivity index (χ3v) is 3.73. The molecule has 0 amide bonds. The van der Waals surface area contributed by atoms with E-state index in [-0.39, 0.29) is 5.56 Å². The highest BCUT2D eigenvalue weighted by atomic mass is 16.1. The monoisotopic (exact) mass is 317 g/mol. The van der Waals surface area contributed by atoms with Gasteiger partial charge in [-0.1, -0.05) is 29.8 Å². The molecule has 118 valence electrons. The number of rotatable bonds is 3. The fourth-order valence-corrected chi connectivity index (χ4v) is 2.56. The molecule has 0 unspecified atom stereocenters. The van der Waals surface area contributed by atoms with Crippen molar-refractivity contribution in [1.82, 2.24) is 19.7 Å². The number of anilines is 2. The number of nitrogens with zero attached hydrogens (tertiary/aromatic N) is 3. The topological polar surface area (TPSA) is 75.6 Å². The van der Waals surface area contributed by atoms with Crippen molar-refractivity contribution in [3.63, 3.8) is 0 Å². The van der Waals surface area contributed by atoms with Gasteiger partial charge in [0, 0.05) is 0 Å². The molecule has 0 fully saturated rings. The fraction of sp³-hybridized carbons (Fsp3) is 0.0556. The maximum absolute atomic E-state index is 12.2. The predicted molar refractivity (Wildman–Crippen MR) is 93.9 cm³/mol. The van der Waals surface area contributed by atoms with Gasteiger partial charge in [0.15, 0.2) is 0 Å². The maximum atomic E-state index is 12.2. The van der Waals surface area contributed by atoms with Crippen LogP contribution in [0.2, 0.25) is 0 Å². The first-order chi connectivity index (χ1) is 11.7. The van der Waals surface area contributed by atoms with E-state index in [1.54, 1.807) is 10.9 Å². The van der Waals surface area contributed by atoms with Crippen molar-refractivity contribution in [3.05, 3.63) is 76.8 Å². The minimum absolute atomic E-state index is 0.165. The molecule has 4 aromatic rings. The van der Waals surface area contributed by atoms with Crippen molar-refractivity contribution in [1.29, 1.82) is 0 Å². The molecule has 0 atom stereocenters. The summed E-state index contributed by atoms with van der Waals surface area (Å²) >= 11 is 0. The Hall–Kier alpha value is -3.41. The van der Waals surface area contributed by atoms with Gasteiger partial charge in [-0.15, -0.1) is 0 Å². The number of aryl methyl sites for hydroxylation is 1. The van der Waals surface area contributed by atoms with Crippen LogP contribution in [-0.2, 0) is 0 Å². The van der Waals surface area contributed by atoms with E-state index >= 15 is 0 Å². The molecule has 0 aliphatic rings. The highest BCUT2D eigenvalue weighted by Gasteiger charge is 2.06. The van der Waals surface area contributed by atoms with Crippen LogP contribution in [-0.4, -0.2) is 19.7 Å². The van der Waals surface area contributed by atoms with E-state index in [9.17, 15) is 4.79 Å². The molecule has 0 aliphatic heterocycles. The number of H-pyrrole nitrogens is 1. The van der Waals surface area contributed by atoms with E-state index in [4.69, 9.17) is 0 Å². The van der Waals surface area contributed by atoms with Gasteiger partial charge >= 0.3 is 0 Å². The second-order valence-electron chi connectivity index (χ2n) is 5.57. The molecule has 0 bridgehead atoms. The SMILES string of the molecule is Cc1ccc2nc(Nc3cnn(-c4ccccc4)c3)[nH]c(=O)c2c1. The summed E-state index contributed by atoms with van der Waals surface area (Å²) in [6.07, 6.45) is 3.53. The zero-order valence-electron chi connectivity index (χ0n) is 13.0. The largest absolute Gasteiger partial charge is 0.323 e. The van der Waals surface area contributed by atoms with Gasteiger partial charge in [-0.05, 0) is 31.2 Å². The molecule has 2 aromatic carbocycles. The number of aromatic amines is 1. The molecular weight excluding hydrogens is 302 g/mol. The number of benzene rings is 2. The molecule has 0 saturated carbocycles. The molecule has 0 saturated heterocycles. The van der Waals surface area contributed by atoms with Crippen molar-refractivity contribution in [3.8, 4) is 5.69 Å². The summed E-state index contributed by atoms with van der Waals surface area (Å²) in [6.45, 7) is 1.95. The van der Waals surface area contributed by atoms with Gasteiger partial charge in [-0.25, -0.2) is 9.67 Å². The van der Waals surface area contributed by atoms with Crippen LogP contribution in [0.25, 0.3) is 16.6 Å². The number of nitrogens with one attached hydrogen (secondary N) is 2. The van der Waals surface area contributed by atoms with Gasteiger partial charge in [0.1, 0.15) is 0 Å². The summed E-state index contributed by atoms with van der Waals surface area (Å²) < 4.78 is 1.75. The van der Waals surface area contributed by atoms with Crippen LogP contribution in [0.1, 0.15) is 5.56 Å². The Kier molecular flexibility index (Phi) is 3.35. The zero-order valence-corrected chi connectivity index (χ0v) is 13.0. The molecule has 2 aromatic heterocycles. The minimum atomic E-state index is -0.165. The van der Waals surface area contributed by atoms with Crippen LogP contribution >= 0.6 is 0 Å². The molecule has 4 rings (SSSR count). The van der Waals surface area contributed by atoms with Gasteiger partial charge in [-0.3, -0.25) is 9.78 Å². The molecule has 0 radical (unpaired) electrons. The lowest BCUT2D eigenvalue weighted by Gasteiger charge is -2.04. The van der Waals surface area contributed by atoms with E-state index < -0.39 is 0 Å². The lowest BCUT2D eigenvalue weighted by molar-refractivity contribution is 0.881. The van der Waals surface area contributed by atoms with Crippen molar-refractivity contribution in [2.75, 3.05) is 5.32 Å². The van der Waals surface area contributed by atoms with Gasteiger partial charge in [0.05, 0.1) is 34.7 Å². The predicted octanol–water partition coefficient (Wildman–Crippen LogP) is 3.16. The summed E-state index contributed by atoms with van der Waals surface area (Å²) in [5.74, 6) is 0.393. The van der Waals surface area contributed by atoms with Gasteiger partial charge in [-0.2, -0.15) is 5.10 Å². The molecule has 6 heteroatoms. The van der Waals surface area contributed by atoms with Crippen molar-refractivity contribution in [2.45, 2.75) is 6.92 Å². The third kappa shape index (κ3) is 2.65. The Morgan fingerprint density at radius 2 is 1.96 bits per heavy atom. The van der Waals surface area contributed by atoms with Crippen LogP contribution in [0.15, 0.2) is 65.7 Å². The highest BCUT2D eigenvalue weighted by molar-refractivity contribution is 5.79. The molecule has 0 aliphatic carbocycles. The fourth-order valence-electron chi connectivity index (χ4n) is 2.56. The summed E-state index contributed by atoms with van der Waals surface area (Å²) in [4.78, 5) is 19.4. The first-order valence-corrected chi connectivity index (χ1v) is 7.57. The Labute approximate surface area is 137 Å². The molecule has 6 nitrogen and oxygen atoms in total. The van der Waals surface area contributed by atoms with Gasteiger partial charge in [0.2, 0.25) is 5.95 Å². The second-order valence-corrected chi connectivity index (χ2v) is 5.57. The number of fused-ring (bicyclic) bond motifs is 1. The Bertz CT molecular complexity index is 1070. The maximum Gasteiger partial charge on any atom is 0.260 e. The Morgan fingerprint density at radius 3 is 2.79 bits per heavy atom. The molecule has 2 N–H and O–H groups in total. The summed E-state index contributed by atoms with van der Waals surface area (Å²) in [6, 6.07) is 15.4. The molecule has 0 spiro atoms. The number of aromatic nitrogens is 4. The highest BCUT2D eigenvalue weighted by Crippen LogP contribution is 2.16. The van der Waals surface area contributed by atoms with Gasteiger partial charge < -0.3 is 5.32 Å². The van der Waals surface area contributed by atoms with E-state index in [1.165, 1.54) is 0 Å². The van der Waals surface area contributed by atoms with Crippen LogP contribution < -0.4 is 10.9 Å². The van der Waals surface area contributed by atoms with E-state index in [0.717, 1.165) is 16.9 Å². The second kappa shape index (κ2) is 5.66. The van der Waals surface area contributed by atoms with Crippen molar-refractivity contribution >= 4 is 22.5 Å². The first kappa shape index (κ1) is 14.2. The number of hydrogen-bond acceptors (Lipinski definition) is 4. The standard InChI is InChI=1S/C18H15N5O/c1-12-7-8-16-15(9-12)17(24)22-18(21-16)20-13-10-19-23(11-13)14-5-3-2-4-6-14/h2-11H,1H3,(H2,20,21,22,24). The van der Waals surface area contributed by atoms with Crippen LogP contribution in [0.3, 0.4) is 0 Å². The Morgan fingerprint density at radius 1 is 1.12 bits per heavy atom. The molecule has 2 heterocycles. The van der Waals surface area contributed by atoms with Crippen LogP contribution in [0.5, 0.6) is 0 Å². The van der Waals surface area contributed by atoms with E-state index in [1.807, 2.05) is 61.7 Å². The number of hydrogen-bond donors (Lipinski definition) is 2. The summed E-state index contributed by atoms with van der Waals surface area (Å²) in [5.41, 5.74) is 3.22. The average Bonchev–Trinajstić information content (AvgIpc) is 3.05. The first-order valence-electron chi connectivity index (χ1n) is 7.57. The lowest BCUT2D eigenvalue weighted by atomic mass is 10.2. The van der Waals surface area contributed by atoms with E-state index in [2.05, 4.69) is 20.4 Å². The quantitative estimate of drug-likeness (QED) is 0.608. The normalized spacial score (nSPS) is 10.9.